The number of hydrogen-bond acceptors (Lipinski definition) is 4. The Labute approximate surface area is 78.9 Å². The minimum absolute atomic E-state index is 0.224. The summed E-state index contributed by atoms with van der Waals surface area (Å²) >= 11 is 1.50. The van der Waals surface area contributed by atoms with Gasteiger partial charge in [0.15, 0.2) is 0 Å². The van der Waals surface area contributed by atoms with Gasteiger partial charge in [0, 0.05) is 11.6 Å². The standard InChI is InChI=1S/C6H7N3O2S2/c7-13(10,11)4-5-8-3-6-9(5)1-2-12-6/h1-3H,4H2,(H2,7,10,11). The molecule has 0 fully saturated rings. The fraction of sp³-hybridized carbons (Fsp3) is 0.167. The van der Waals surface area contributed by atoms with Crippen LogP contribution in [0.15, 0.2) is 17.8 Å². The molecule has 0 aliphatic carbocycles. The van der Waals surface area contributed by atoms with Gasteiger partial charge in [0.05, 0.1) is 6.20 Å². The molecule has 0 radical (unpaired) electrons. The van der Waals surface area contributed by atoms with Gasteiger partial charge in [-0.1, -0.05) is 0 Å². The van der Waals surface area contributed by atoms with Crippen LogP contribution in [0.4, 0.5) is 0 Å². The molecule has 0 unspecified atom stereocenters. The molecule has 0 saturated carbocycles. The van der Waals surface area contributed by atoms with Crippen LogP contribution >= 0.6 is 11.3 Å². The van der Waals surface area contributed by atoms with Gasteiger partial charge in [0.1, 0.15) is 16.4 Å². The largest absolute Gasteiger partial charge is 0.293 e. The van der Waals surface area contributed by atoms with Crippen molar-refractivity contribution in [2.24, 2.45) is 5.14 Å². The summed E-state index contributed by atoms with van der Waals surface area (Å²) < 4.78 is 23.3. The summed E-state index contributed by atoms with van der Waals surface area (Å²) in [4.78, 5) is 4.87. The van der Waals surface area contributed by atoms with E-state index in [9.17, 15) is 8.42 Å². The van der Waals surface area contributed by atoms with Gasteiger partial charge < -0.3 is 0 Å². The molecule has 0 aliphatic heterocycles. The van der Waals surface area contributed by atoms with E-state index in [1.54, 1.807) is 16.8 Å². The molecule has 0 saturated heterocycles. The van der Waals surface area contributed by atoms with Crippen LogP contribution in [0, 0.1) is 0 Å². The Kier molecular flexibility index (Phi) is 1.86. The maximum Gasteiger partial charge on any atom is 0.216 e. The minimum atomic E-state index is -3.50. The van der Waals surface area contributed by atoms with E-state index in [1.165, 1.54) is 11.3 Å². The fourth-order valence-electron chi connectivity index (χ4n) is 1.08. The highest BCUT2D eigenvalue weighted by atomic mass is 32.2. The molecule has 0 atom stereocenters. The van der Waals surface area contributed by atoms with Crippen LogP contribution in [0.2, 0.25) is 0 Å². The monoisotopic (exact) mass is 217 g/mol. The van der Waals surface area contributed by atoms with E-state index in [0.717, 1.165) is 4.83 Å². The predicted molar refractivity (Wildman–Crippen MR) is 49.9 cm³/mol. The van der Waals surface area contributed by atoms with Crippen molar-refractivity contribution in [3.8, 4) is 0 Å². The van der Waals surface area contributed by atoms with E-state index in [1.807, 2.05) is 5.38 Å². The maximum atomic E-state index is 10.8. The third-order valence-corrected chi connectivity index (χ3v) is 3.03. The van der Waals surface area contributed by atoms with Crippen LogP contribution < -0.4 is 5.14 Å². The van der Waals surface area contributed by atoms with Gasteiger partial charge in [-0.25, -0.2) is 18.5 Å². The fourth-order valence-corrected chi connectivity index (χ4v) is 2.36. The topological polar surface area (TPSA) is 77.5 Å². The van der Waals surface area contributed by atoms with E-state index in [0.29, 0.717) is 5.82 Å². The van der Waals surface area contributed by atoms with E-state index in [-0.39, 0.29) is 5.75 Å². The van der Waals surface area contributed by atoms with Gasteiger partial charge >= 0.3 is 0 Å². The highest BCUT2D eigenvalue weighted by molar-refractivity contribution is 7.88. The van der Waals surface area contributed by atoms with Gasteiger partial charge in [0.2, 0.25) is 10.0 Å². The first-order valence-corrected chi connectivity index (χ1v) is 6.06. The van der Waals surface area contributed by atoms with Crippen molar-refractivity contribution in [3.05, 3.63) is 23.6 Å². The van der Waals surface area contributed by atoms with E-state index in [2.05, 4.69) is 4.98 Å². The van der Waals surface area contributed by atoms with E-state index in [4.69, 9.17) is 5.14 Å². The second-order valence-electron chi connectivity index (χ2n) is 2.59. The Bertz CT molecular complexity index is 525. The van der Waals surface area contributed by atoms with Crippen LogP contribution in [-0.2, 0) is 15.8 Å². The number of imidazole rings is 1. The summed E-state index contributed by atoms with van der Waals surface area (Å²) in [5.41, 5.74) is 0. The average Bonchev–Trinajstić information content (AvgIpc) is 2.50. The molecule has 0 bridgehead atoms. The van der Waals surface area contributed by atoms with Gasteiger partial charge in [-0.15, -0.1) is 11.3 Å². The SMILES string of the molecule is NS(=O)(=O)Cc1ncc2sccn12. The number of nitrogens with two attached hydrogens (primary N) is 1. The van der Waals surface area contributed by atoms with Crippen molar-refractivity contribution in [1.82, 2.24) is 9.38 Å². The molecule has 2 aromatic rings. The quantitative estimate of drug-likeness (QED) is 0.779. The Hall–Kier alpha value is -0.920. The Balaban J connectivity index is 2.50. The Morgan fingerprint density at radius 2 is 2.38 bits per heavy atom. The van der Waals surface area contributed by atoms with Crippen molar-refractivity contribution in [1.29, 1.82) is 0 Å². The van der Waals surface area contributed by atoms with Crippen molar-refractivity contribution < 1.29 is 8.42 Å². The molecule has 2 heterocycles. The lowest BCUT2D eigenvalue weighted by Crippen LogP contribution is -2.16. The zero-order valence-corrected chi connectivity index (χ0v) is 8.18. The number of hydrogen-bond donors (Lipinski definition) is 1. The van der Waals surface area contributed by atoms with Gasteiger partial charge in [-0.3, -0.25) is 4.40 Å². The molecule has 2 rings (SSSR count). The van der Waals surface area contributed by atoms with Crippen LogP contribution in [0.25, 0.3) is 4.83 Å². The second kappa shape index (κ2) is 2.79. The number of rotatable bonds is 2. The number of fused-ring (bicyclic) bond motifs is 1. The van der Waals surface area contributed by atoms with Crippen LogP contribution in [0.1, 0.15) is 5.82 Å². The summed E-state index contributed by atoms with van der Waals surface area (Å²) in [6.07, 6.45) is 3.40. The first-order valence-electron chi connectivity index (χ1n) is 3.46. The number of nitrogens with zero attached hydrogens (tertiary/aromatic N) is 2. The predicted octanol–water partition coefficient (Wildman–Crippen LogP) is 0.184. The lowest BCUT2D eigenvalue weighted by Gasteiger charge is -1.94. The van der Waals surface area contributed by atoms with Crippen molar-refractivity contribution in [2.45, 2.75) is 5.75 Å². The van der Waals surface area contributed by atoms with Gasteiger partial charge in [0.25, 0.3) is 0 Å². The molecule has 2 aromatic heterocycles. The third-order valence-electron chi connectivity index (χ3n) is 1.57. The number of aromatic nitrogens is 2. The molecule has 70 valence electrons. The Morgan fingerprint density at radius 1 is 1.62 bits per heavy atom. The highest BCUT2D eigenvalue weighted by Gasteiger charge is 2.10. The molecule has 13 heavy (non-hydrogen) atoms. The van der Waals surface area contributed by atoms with Crippen LogP contribution in [0.5, 0.6) is 0 Å². The van der Waals surface area contributed by atoms with Crippen molar-refractivity contribution in [2.75, 3.05) is 0 Å². The number of sulfonamides is 1. The third kappa shape index (κ3) is 1.71. The van der Waals surface area contributed by atoms with Gasteiger partial charge in [-0.05, 0) is 0 Å². The molecular weight excluding hydrogens is 210 g/mol. The summed E-state index contributed by atoms with van der Waals surface area (Å²) in [7, 11) is -3.50. The first-order chi connectivity index (χ1) is 6.06. The summed E-state index contributed by atoms with van der Waals surface area (Å²) in [5, 5.41) is 6.77. The lowest BCUT2D eigenvalue weighted by molar-refractivity contribution is 0.595. The van der Waals surface area contributed by atoms with E-state index < -0.39 is 10.0 Å². The Morgan fingerprint density at radius 3 is 3.08 bits per heavy atom. The minimum Gasteiger partial charge on any atom is -0.293 e. The smallest absolute Gasteiger partial charge is 0.216 e. The summed E-state index contributed by atoms with van der Waals surface area (Å²) in [6, 6.07) is 0. The highest BCUT2D eigenvalue weighted by Crippen LogP contribution is 2.14. The van der Waals surface area contributed by atoms with Crippen molar-refractivity contribution in [3.63, 3.8) is 0 Å². The zero-order chi connectivity index (χ0) is 9.47. The van der Waals surface area contributed by atoms with Gasteiger partial charge in [-0.2, -0.15) is 0 Å². The molecule has 0 amide bonds. The zero-order valence-electron chi connectivity index (χ0n) is 6.54. The molecule has 2 N–H and O–H groups in total. The molecule has 0 spiro atoms. The molecule has 7 heteroatoms. The lowest BCUT2D eigenvalue weighted by atomic mass is 10.7. The second-order valence-corrected chi connectivity index (χ2v) is 5.13. The molecule has 5 nitrogen and oxygen atoms in total. The number of primary sulfonamides is 1. The molecule has 0 aliphatic rings. The summed E-state index contributed by atoms with van der Waals surface area (Å²) in [5.74, 6) is 0.233. The molecular formula is C6H7N3O2S2. The van der Waals surface area contributed by atoms with E-state index >= 15 is 0 Å². The average molecular weight is 217 g/mol. The normalized spacial score (nSPS) is 12.4. The van der Waals surface area contributed by atoms with Crippen molar-refractivity contribution >= 4 is 26.2 Å². The van der Waals surface area contributed by atoms with Crippen LogP contribution in [0.3, 0.4) is 0 Å². The van der Waals surface area contributed by atoms with Crippen LogP contribution in [-0.4, -0.2) is 17.8 Å². The number of thiazole rings is 1. The molecule has 0 aromatic carbocycles. The first kappa shape index (κ1) is 8.67. The summed E-state index contributed by atoms with van der Waals surface area (Å²) in [6.45, 7) is 0. The maximum absolute atomic E-state index is 10.8.